The van der Waals surface area contributed by atoms with E-state index < -0.39 is 11.7 Å². The van der Waals surface area contributed by atoms with Crippen LogP contribution >= 0.6 is 11.6 Å². The van der Waals surface area contributed by atoms with Crippen LogP contribution in [-0.2, 0) is 4.79 Å². The van der Waals surface area contributed by atoms with Crippen LogP contribution in [0.2, 0.25) is 5.02 Å². The molecule has 0 aromatic heterocycles. The van der Waals surface area contributed by atoms with Gasteiger partial charge in [0.05, 0.1) is 16.6 Å². The second-order valence-corrected chi connectivity index (χ2v) is 5.66. The monoisotopic (exact) mass is 296 g/mol. The molecule has 1 aliphatic heterocycles. The molecular weight excluding hydrogens is 283 g/mol. The molecule has 1 aromatic rings. The van der Waals surface area contributed by atoms with Gasteiger partial charge in [-0.25, -0.2) is 4.39 Å². The Balaban J connectivity index is 1.69. The van der Waals surface area contributed by atoms with Crippen molar-refractivity contribution in [2.45, 2.75) is 31.3 Å². The highest BCUT2D eigenvalue weighted by molar-refractivity contribution is 6.33. The Morgan fingerprint density at radius 2 is 2.15 bits per heavy atom. The van der Waals surface area contributed by atoms with Crippen molar-refractivity contribution in [1.29, 1.82) is 0 Å². The van der Waals surface area contributed by atoms with Crippen molar-refractivity contribution in [3.63, 3.8) is 0 Å². The minimum Gasteiger partial charge on any atom is -0.347 e. The van der Waals surface area contributed by atoms with Crippen LogP contribution in [0.25, 0.3) is 0 Å². The predicted octanol–water partition coefficient (Wildman–Crippen LogP) is 1.97. The van der Waals surface area contributed by atoms with Gasteiger partial charge in [0.25, 0.3) is 5.91 Å². The van der Waals surface area contributed by atoms with Crippen molar-refractivity contribution in [2.75, 3.05) is 6.54 Å². The normalized spacial score (nSPS) is 22.2. The Hall–Kier alpha value is -1.62. The van der Waals surface area contributed by atoms with Gasteiger partial charge in [-0.15, -0.1) is 0 Å². The van der Waals surface area contributed by atoms with E-state index in [4.69, 9.17) is 11.6 Å². The molecule has 2 fully saturated rings. The van der Waals surface area contributed by atoms with Gasteiger partial charge < -0.3 is 10.2 Å². The third kappa shape index (κ3) is 2.50. The fraction of sp³-hybridized carbons (Fsp3) is 0.429. The van der Waals surface area contributed by atoms with E-state index in [9.17, 15) is 14.0 Å². The Labute approximate surface area is 120 Å². The summed E-state index contributed by atoms with van der Waals surface area (Å²) >= 11 is 5.85. The zero-order valence-electron chi connectivity index (χ0n) is 10.7. The van der Waals surface area contributed by atoms with Gasteiger partial charge in [0, 0.05) is 19.0 Å². The van der Waals surface area contributed by atoms with Crippen LogP contribution in [0.5, 0.6) is 0 Å². The lowest BCUT2D eigenvalue weighted by Crippen LogP contribution is -2.38. The Morgan fingerprint density at radius 1 is 1.40 bits per heavy atom. The fourth-order valence-electron chi connectivity index (χ4n) is 2.54. The number of nitrogens with zero attached hydrogens (tertiary/aromatic N) is 1. The van der Waals surface area contributed by atoms with E-state index in [0.717, 1.165) is 12.8 Å². The molecule has 106 valence electrons. The molecule has 1 saturated carbocycles. The second-order valence-electron chi connectivity index (χ2n) is 5.25. The maximum Gasteiger partial charge on any atom is 0.256 e. The van der Waals surface area contributed by atoms with Gasteiger partial charge in [0.15, 0.2) is 0 Å². The standard InChI is InChI=1S/C14H14ClFN2O2/c15-10-2-1-3-11(16)13(10)14(20)17-8-6-12(19)18(7-8)9-4-5-9/h1-3,8-9H,4-7H2,(H,17,20). The molecule has 3 rings (SSSR count). The topological polar surface area (TPSA) is 49.4 Å². The number of benzene rings is 1. The predicted molar refractivity (Wildman–Crippen MR) is 72.0 cm³/mol. The Bertz CT molecular complexity index is 554. The average molecular weight is 297 g/mol. The maximum atomic E-state index is 13.6. The van der Waals surface area contributed by atoms with Gasteiger partial charge in [-0.3, -0.25) is 9.59 Å². The molecule has 1 aliphatic carbocycles. The van der Waals surface area contributed by atoms with Crippen molar-refractivity contribution in [1.82, 2.24) is 10.2 Å². The highest BCUT2D eigenvalue weighted by atomic mass is 35.5. The van der Waals surface area contributed by atoms with Crippen LogP contribution in [-0.4, -0.2) is 35.3 Å². The van der Waals surface area contributed by atoms with Crippen LogP contribution < -0.4 is 5.32 Å². The van der Waals surface area contributed by atoms with E-state index in [1.165, 1.54) is 18.2 Å². The fourth-order valence-corrected chi connectivity index (χ4v) is 2.79. The molecular formula is C14H14ClFN2O2. The summed E-state index contributed by atoms with van der Waals surface area (Å²) < 4.78 is 13.6. The number of amides is 2. The summed E-state index contributed by atoms with van der Waals surface area (Å²) in [5.41, 5.74) is -0.161. The highest BCUT2D eigenvalue weighted by Gasteiger charge is 2.39. The summed E-state index contributed by atoms with van der Waals surface area (Å²) in [5, 5.41) is 2.77. The lowest BCUT2D eigenvalue weighted by atomic mass is 10.1. The van der Waals surface area contributed by atoms with Gasteiger partial charge in [-0.2, -0.15) is 0 Å². The van der Waals surface area contributed by atoms with Crippen molar-refractivity contribution in [3.8, 4) is 0 Å². The van der Waals surface area contributed by atoms with Crippen molar-refractivity contribution < 1.29 is 14.0 Å². The molecule has 2 amide bonds. The first-order valence-corrected chi connectivity index (χ1v) is 6.98. The van der Waals surface area contributed by atoms with Crippen molar-refractivity contribution in [2.24, 2.45) is 0 Å². The van der Waals surface area contributed by atoms with Gasteiger partial charge in [-0.05, 0) is 25.0 Å². The molecule has 1 atom stereocenters. The lowest BCUT2D eigenvalue weighted by Gasteiger charge is -2.16. The van der Waals surface area contributed by atoms with E-state index in [-0.39, 0.29) is 29.0 Å². The van der Waals surface area contributed by atoms with E-state index in [0.29, 0.717) is 12.6 Å². The Morgan fingerprint density at radius 3 is 2.80 bits per heavy atom. The third-order valence-corrected chi connectivity index (χ3v) is 3.99. The first-order valence-electron chi connectivity index (χ1n) is 6.60. The minimum atomic E-state index is -0.654. The summed E-state index contributed by atoms with van der Waals surface area (Å²) in [6.45, 7) is 0.501. The van der Waals surface area contributed by atoms with Crippen LogP contribution in [0.4, 0.5) is 4.39 Å². The van der Waals surface area contributed by atoms with E-state index in [1.54, 1.807) is 4.90 Å². The van der Waals surface area contributed by atoms with Crippen LogP contribution in [0.1, 0.15) is 29.6 Å². The summed E-state index contributed by atoms with van der Waals surface area (Å²) in [4.78, 5) is 25.7. The van der Waals surface area contributed by atoms with Gasteiger partial charge >= 0.3 is 0 Å². The molecule has 1 saturated heterocycles. The molecule has 1 aromatic carbocycles. The second kappa shape index (κ2) is 5.05. The third-order valence-electron chi connectivity index (χ3n) is 3.67. The van der Waals surface area contributed by atoms with Crippen LogP contribution in [0.3, 0.4) is 0 Å². The molecule has 1 heterocycles. The summed E-state index contributed by atoms with van der Waals surface area (Å²) in [5.74, 6) is -1.17. The lowest BCUT2D eigenvalue weighted by molar-refractivity contribution is -0.128. The van der Waals surface area contributed by atoms with Gasteiger partial charge in [0.1, 0.15) is 5.82 Å². The minimum absolute atomic E-state index is 0.0532. The van der Waals surface area contributed by atoms with Gasteiger partial charge in [0.2, 0.25) is 5.91 Å². The largest absolute Gasteiger partial charge is 0.347 e. The summed E-state index contributed by atoms with van der Waals surface area (Å²) in [6, 6.07) is 4.17. The smallest absolute Gasteiger partial charge is 0.256 e. The Kier molecular flexibility index (Phi) is 3.38. The molecule has 0 bridgehead atoms. The first kappa shape index (κ1) is 13.4. The van der Waals surface area contributed by atoms with Crippen LogP contribution in [0, 0.1) is 5.82 Å². The van der Waals surface area contributed by atoms with E-state index in [1.807, 2.05) is 0 Å². The molecule has 20 heavy (non-hydrogen) atoms. The number of rotatable bonds is 3. The SMILES string of the molecule is O=C(NC1CC(=O)N(C2CC2)C1)c1c(F)cccc1Cl. The molecule has 1 unspecified atom stereocenters. The zero-order valence-corrected chi connectivity index (χ0v) is 11.5. The number of nitrogens with one attached hydrogen (secondary N) is 1. The summed E-state index contributed by atoms with van der Waals surface area (Å²) in [6.07, 6.45) is 2.34. The quantitative estimate of drug-likeness (QED) is 0.927. The molecule has 1 N–H and O–H groups in total. The first-order chi connectivity index (χ1) is 9.56. The van der Waals surface area contributed by atoms with E-state index >= 15 is 0 Å². The maximum absolute atomic E-state index is 13.6. The van der Waals surface area contributed by atoms with Crippen LogP contribution in [0.15, 0.2) is 18.2 Å². The number of carbonyl (C=O) groups excluding carboxylic acids is 2. The van der Waals surface area contributed by atoms with Gasteiger partial charge in [-0.1, -0.05) is 17.7 Å². The number of halogens is 2. The highest BCUT2D eigenvalue weighted by Crippen LogP contribution is 2.30. The van der Waals surface area contributed by atoms with E-state index in [2.05, 4.69) is 5.32 Å². The number of hydrogen-bond donors (Lipinski definition) is 1. The van der Waals surface area contributed by atoms with Crippen molar-refractivity contribution >= 4 is 23.4 Å². The molecule has 0 spiro atoms. The molecule has 4 nitrogen and oxygen atoms in total. The zero-order chi connectivity index (χ0) is 14.3. The average Bonchev–Trinajstić information content (AvgIpc) is 3.14. The van der Waals surface area contributed by atoms with Crippen molar-refractivity contribution in [3.05, 3.63) is 34.6 Å². The molecule has 6 heteroatoms. The number of hydrogen-bond acceptors (Lipinski definition) is 2. The summed E-state index contributed by atoms with van der Waals surface area (Å²) in [7, 11) is 0. The molecule has 2 aliphatic rings. The number of likely N-dealkylation sites (tertiary alicyclic amines) is 1. The molecule has 0 radical (unpaired) electrons. The number of carbonyl (C=O) groups is 2.